The fourth-order valence-corrected chi connectivity index (χ4v) is 1.79. The highest BCUT2D eigenvalue weighted by atomic mass is 16.1. The first kappa shape index (κ1) is 16.5. The van der Waals surface area contributed by atoms with Gasteiger partial charge in [-0.25, -0.2) is 0 Å². The Morgan fingerprint density at radius 3 is 2.60 bits per heavy atom. The van der Waals surface area contributed by atoms with Crippen molar-refractivity contribution >= 4 is 5.91 Å². The summed E-state index contributed by atoms with van der Waals surface area (Å²) in [5, 5.41) is 18.1. The standard InChI is InChI=1S/C14H25N5O/c1-14(2,3)18-11-12(10-15)13(20)17-6-9-19-7-4-16-5-8-19/h11,16,18H,4-9H2,1-3H3,(H,17,20)/b12-11-. The highest BCUT2D eigenvalue weighted by Gasteiger charge is 2.13. The smallest absolute Gasteiger partial charge is 0.263 e. The van der Waals surface area contributed by atoms with Crippen LogP contribution in [0.4, 0.5) is 0 Å². The molecule has 0 atom stereocenters. The van der Waals surface area contributed by atoms with Gasteiger partial charge in [0.1, 0.15) is 11.6 Å². The Morgan fingerprint density at radius 1 is 1.40 bits per heavy atom. The van der Waals surface area contributed by atoms with Crippen molar-refractivity contribution in [1.82, 2.24) is 20.9 Å². The van der Waals surface area contributed by atoms with E-state index in [4.69, 9.17) is 5.26 Å². The number of nitrogens with zero attached hydrogens (tertiary/aromatic N) is 2. The molecule has 0 aromatic carbocycles. The Kier molecular flexibility index (Phi) is 6.49. The number of nitriles is 1. The minimum absolute atomic E-state index is 0.111. The van der Waals surface area contributed by atoms with E-state index in [0.29, 0.717) is 6.54 Å². The SMILES string of the molecule is CC(C)(C)N/C=C(/C#N)C(=O)NCCN1CCNCC1. The van der Waals surface area contributed by atoms with Crippen LogP contribution in [-0.2, 0) is 4.79 Å². The number of carbonyl (C=O) groups is 1. The fraction of sp³-hybridized carbons (Fsp3) is 0.714. The summed E-state index contributed by atoms with van der Waals surface area (Å²) in [5.41, 5.74) is -0.0522. The first-order chi connectivity index (χ1) is 9.42. The molecule has 0 aromatic rings. The number of amides is 1. The van der Waals surface area contributed by atoms with Gasteiger partial charge in [-0.2, -0.15) is 5.26 Å². The highest BCUT2D eigenvalue weighted by Crippen LogP contribution is 2.00. The molecule has 1 fully saturated rings. The van der Waals surface area contributed by atoms with Gasteiger partial charge in [-0.1, -0.05) is 0 Å². The maximum atomic E-state index is 11.9. The number of nitrogens with one attached hydrogen (secondary N) is 3. The average molecular weight is 279 g/mol. The molecule has 1 heterocycles. The van der Waals surface area contributed by atoms with Crippen LogP contribution in [0.2, 0.25) is 0 Å². The minimum Gasteiger partial charge on any atom is -0.385 e. The van der Waals surface area contributed by atoms with Crippen LogP contribution in [0.3, 0.4) is 0 Å². The molecule has 1 aliphatic heterocycles. The van der Waals surface area contributed by atoms with Crippen molar-refractivity contribution < 1.29 is 4.79 Å². The maximum absolute atomic E-state index is 11.9. The van der Waals surface area contributed by atoms with E-state index in [0.717, 1.165) is 32.7 Å². The second kappa shape index (κ2) is 7.88. The van der Waals surface area contributed by atoms with Crippen molar-refractivity contribution in [2.45, 2.75) is 26.3 Å². The van der Waals surface area contributed by atoms with Gasteiger partial charge in [-0.3, -0.25) is 9.69 Å². The summed E-state index contributed by atoms with van der Waals surface area (Å²) in [6, 6.07) is 1.93. The van der Waals surface area contributed by atoms with Gasteiger partial charge >= 0.3 is 0 Å². The van der Waals surface area contributed by atoms with Crippen molar-refractivity contribution in [1.29, 1.82) is 5.26 Å². The summed E-state index contributed by atoms with van der Waals surface area (Å²) in [6.45, 7) is 11.3. The molecule has 0 bridgehead atoms. The zero-order chi connectivity index (χ0) is 15.0. The molecule has 0 unspecified atom stereocenters. The summed E-state index contributed by atoms with van der Waals surface area (Å²) in [7, 11) is 0. The normalized spacial score (nSPS) is 17.4. The van der Waals surface area contributed by atoms with Crippen molar-refractivity contribution in [2.24, 2.45) is 0 Å². The molecule has 0 radical (unpaired) electrons. The van der Waals surface area contributed by atoms with E-state index in [2.05, 4.69) is 20.9 Å². The highest BCUT2D eigenvalue weighted by molar-refractivity contribution is 5.97. The zero-order valence-corrected chi connectivity index (χ0v) is 12.6. The van der Waals surface area contributed by atoms with Gasteiger partial charge in [0, 0.05) is 51.0 Å². The van der Waals surface area contributed by atoms with Crippen molar-refractivity contribution in [3.8, 4) is 6.07 Å². The number of carbonyl (C=O) groups excluding carboxylic acids is 1. The van der Waals surface area contributed by atoms with Crippen molar-refractivity contribution in [2.75, 3.05) is 39.3 Å². The number of hydrogen-bond acceptors (Lipinski definition) is 5. The maximum Gasteiger partial charge on any atom is 0.263 e. The summed E-state index contributed by atoms with van der Waals surface area (Å²) in [4.78, 5) is 14.2. The summed E-state index contributed by atoms with van der Waals surface area (Å²) >= 11 is 0. The lowest BCUT2D eigenvalue weighted by molar-refractivity contribution is -0.117. The van der Waals surface area contributed by atoms with E-state index >= 15 is 0 Å². The molecule has 0 spiro atoms. The van der Waals surface area contributed by atoms with Crippen LogP contribution in [0.25, 0.3) is 0 Å². The third kappa shape index (κ3) is 6.55. The van der Waals surface area contributed by atoms with Crippen LogP contribution in [0.1, 0.15) is 20.8 Å². The summed E-state index contributed by atoms with van der Waals surface area (Å²) in [5.74, 6) is -0.320. The van der Waals surface area contributed by atoms with Crippen LogP contribution >= 0.6 is 0 Å². The molecule has 1 rings (SSSR count). The van der Waals surface area contributed by atoms with E-state index < -0.39 is 0 Å². The molecule has 0 saturated carbocycles. The Labute approximate surface area is 121 Å². The molecular weight excluding hydrogens is 254 g/mol. The van der Waals surface area contributed by atoms with E-state index in [1.54, 1.807) is 0 Å². The first-order valence-electron chi connectivity index (χ1n) is 7.01. The summed E-state index contributed by atoms with van der Waals surface area (Å²) in [6.07, 6.45) is 1.49. The third-order valence-electron chi connectivity index (χ3n) is 2.94. The van der Waals surface area contributed by atoms with E-state index in [-0.39, 0.29) is 17.0 Å². The molecule has 1 saturated heterocycles. The monoisotopic (exact) mass is 279 g/mol. The molecule has 1 amide bonds. The Morgan fingerprint density at radius 2 is 2.05 bits per heavy atom. The van der Waals surface area contributed by atoms with Crippen molar-refractivity contribution in [3.05, 3.63) is 11.8 Å². The molecule has 20 heavy (non-hydrogen) atoms. The lowest BCUT2D eigenvalue weighted by Gasteiger charge is -2.27. The van der Waals surface area contributed by atoms with Crippen LogP contribution in [0.5, 0.6) is 0 Å². The van der Waals surface area contributed by atoms with E-state index in [1.165, 1.54) is 6.20 Å². The number of rotatable bonds is 5. The van der Waals surface area contributed by atoms with Crippen LogP contribution < -0.4 is 16.0 Å². The van der Waals surface area contributed by atoms with E-state index in [9.17, 15) is 4.79 Å². The van der Waals surface area contributed by atoms with Gasteiger partial charge in [0.05, 0.1) is 0 Å². The second-order valence-corrected chi connectivity index (χ2v) is 5.91. The predicted octanol–water partition coefficient (Wildman–Crippen LogP) is -0.197. The summed E-state index contributed by atoms with van der Waals surface area (Å²) < 4.78 is 0. The van der Waals surface area contributed by atoms with Crippen molar-refractivity contribution in [3.63, 3.8) is 0 Å². The van der Waals surface area contributed by atoms with Gasteiger partial charge in [-0.05, 0) is 20.8 Å². The van der Waals surface area contributed by atoms with Crippen LogP contribution in [0, 0.1) is 11.3 Å². The molecule has 1 aliphatic rings. The third-order valence-corrected chi connectivity index (χ3v) is 2.94. The average Bonchev–Trinajstić information content (AvgIpc) is 2.39. The molecule has 6 heteroatoms. The molecule has 6 nitrogen and oxygen atoms in total. The molecule has 0 aliphatic carbocycles. The number of piperazine rings is 1. The lowest BCUT2D eigenvalue weighted by atomic mass is 10.1. The van der Waals surface area contributed by atoms with Gasteiger partial charge < -0.3 is 16.0 Å². The number of hydrogen-bond donors (Lipinski definition) is 3. The Hall–Kier alpha value is -1.58. The minimum atomic E-state index is -0.320. The molecule has 3 N–H and O–H groups in total. The molecule has 0 aromatic heterocycles. The Balaban J connectivity index is 2.34. The van der Waals surface area contributed by atoms with Gasteiger partial charge in [0.2, 0.25) is 0 Å². The van der Waals surface area contributed by atoms with Gasteiger partial charge in [0.25, 0.3) is 5.91 Å². The second-order valence-electron chi connectivity index (χ2n) is 5.91. The van der Waals surface area contributed by atoms with Gasteiger partial charge in [0.15, 0.2) is 0 Å². The van der Waals surface area contributed by atoms with Crippen LogP contribution in [-0.4, -0.2) is 55.6 Å². The van der Waals surface area contributed by atoms with Crippen LogP contribution in [0.15, 0.2) is 11.8 Å². The lowest BCUT2D eigenvalue weighted by Crippen LogP contribution is -2.46. The fourth-order valence-electron chi connectivity index (χ4n) is 1.79. The molecule has 112 valence electrons. The quantitative estimate of drug-likeness (QED) is 0.480. The predicted molar refractivity (Wildman–Crippen MR) is 78.9 cm³/mol. The topological polar surface area (TPSA) is 80.2 Å². The molecular formula is C14H25N5O. The zero-order valence-electron chi connectivity index (χ0n) is 12.6. The first-order valence-corrected chi connectivity index (χ1v) is 7.01. The van der Waals surface area contributed by atoms with E-state index in [1.807, 2.05) is 26.8 Å². The largest absolute Gasteiger partial charge is 0.385 e. The van der Waals surface area contributed by atoms with Gasteiger partial charge in [-0.15, -0.1) is 0 Å². The Bertz CT molecular complexity index is 385.